The van der Waals surface area contributed by atoms with E-state index < -0.39 is 0 Å². The summed E-state index contributed by atoms with van der Waals surface area (Å²) < 4.78 is 4.01. The zero-order valence-corrected chi connectivity index (χ0v) is 19.1. The number of nitrogens with one attached hydrogen (secondary N) is 1. The molecule has 32 heavy (non-hydrogen) atoms. The number of thiocarbonyl (C=S) groups is 1. The van der Waals surface area contributed by atoms with Crippen molar-refractivity contribution in [3.05, 3.63) is 95.6 Å². The molecule has 1 aliphatic heterocycles. The second-order valence-electron chi connectivity index (χ2n) is 8.00. The summed E-state index contributed by atoms with van der Waals surface area (Å²) in [5, 5.41) is 12.2. The maximum absolute atomic E-state index is 5.86. The standard InChI is InChI=1S/C24H25N7S/c1-4-18-8-10-19(11-9-18)30-23(22(28-24(30)32)21-7-5-6-12-25-21)20-13-16(2)31(17(20)3)29-14-26-27-15-29/h5-15,22-23H,4H2,1-3H3,(H,28,32)/t22-,23+/m0/s1. The zero-order valence-electron chi connectivity index (χ0n) is 18.3. The van der Waals surface area contributed by atoms with E-state index in [4.69, 9.17) is 12.2 Å². The van der Waals surface area contributed by atoms with Gasteiger partial charge in [-0.05, 0) is 68.4 Å². The number of hydrogen-bond donors (Lipinski definition) is 1. The van der Waals surface area contributed by atoms with Crippen molar-refractivity contribution in [2.45, 2.75) is 39.3 Å². The summed E-state index contributed by atoms with van der Waals surface area (Å²) in [7, 11) is 0. The molecule has 0 bridgehead atoms. The molecule has 1 saturated heterocycles. The predicted molar refractivity (Wildman–Crippen MR) is 128 cm³/mol. The quantitative estimate of drug-likeness (QED) is 0.468. The van der Waals surface area contributed by atoms with Crippen LogP contribution >= 0.6 is 12.2 Å². The van der Waals surface area contributed by atoms with Crippen molar-refractivity contribution in [3.63, 3.8) is 0 Å². The summed E-state index contributed by atoms with van der Waals surface area (Å²) in [6.07, 6.45) is 6.25. The van der Waals surface area contributed by atoms with Crippen molar-refractivity contribution in [1.82, 2.24) is 29.9 Å². The number of aromatic nitrogens is 5. The van der Waals surface area contributed by atoms with Crippen LogP contribution in [-0.4, -0.2) is 29.6 Å². The van der Waals surface area contributed by atoms with Crippen molar-refractivity contribution in [3.8, 4) is 0 Å². The molecule has 2 atom stereocenters. The van der Waals surface area contributed by atoms with Gasteiger partial charge in [-0.15, -0.1) is 10.2 Å². The number of pyridine rings is 1. The molecule has 1 aliphatic rings. The number of hydrogen-bond acceptors (Lipinski definition) is 4. The van der Waals surface area contributed by atoms with Crippen LogP contribution < -0.4 is 10.2 Å². The van der Waals surface area contributed by atoms with E-state index >= 15 is 0 Å². The van der Waals surface area contributed by atoms with E-state index in [1.54, 1.807) is 12.7 Å². The van der Waals surface area contributed by atoms with Gasteiger partial charge in [0.25, 0.3) is 0 Å². The Morgan fingerprint density at radius 2 is 1.78 bits per heavy atom. The molecule has 1 aromatic carbocycles. The summed E-state index contributed by atoms with van der Waals surface area (Å²) >= 11 is 5.86. The van der Waals surface area contributed by atoms with Gasteiger partial charge in [0, 0.05) is 28.8 Å². The van der Waals surface area contributed by atoms with Crippen LogP contribution in [0.5, 0.6) is 0 Å². The van der Waals surface area contributed by atoms with Gasteiger partial charge in [0.05, 0.1) is 17.8 Å². The number of benzene rings is 1. The van der Waals surface area contributed by atoms with Crippen LogP contribution in [0.2, 0.25) is 0 Å². The molecule has 1 N–H and O–H groups in total. The Balaban J connectivity index is 1.66. The molecule has 0 spiro atoms. The number of anilines is 1. The molecule has 0 unspecified atom stereocenters. The molecule has 4 heterocycles. The number of aryl methyl sites for hydroxylation is 2. The molecule has 5 rings (SSSR count). The summed E-state index contributed by atoms with van der Waals surface area (Å²) in [5.41, 5.74) is 6.71. The van der Waals surface area contributed by atoms with Crippen molar-refractivity contribution in [2.24, 2.45) is 0 Å². The Morgan fingerprint density at radius 1 is 1.03 bits per heavy atom. The highest BCUT2D eigenvalue weighted by atomic mass is 32.1. The average molecular weight is 444 g/mol. The molecular formula is C24H25N7S. The minimum Gasteiger partial charge on any atom is -0.351 e. The van der Waals surface area contributed by atoms with E-state index in [1.165, 1.54) is 11.1 Å². The van der Waals surface area contributed by atoms with Gasteiger partial charge >= 0.3 is 0 Å². The van der Waals surface area contributed by atoms with E-state index in [-0.39, 0.29) is 12.1 Å². The molecular weight excluding hydrogens is 418 g/mol. The van der Waals surface area contributed by atoms with Crippen molar-refractivity contribution in [2.75, 3.05) is 4.90 Å². The van der Waals surface area contributed by atoms with Crippen molar-refractivity contribution >= 4 is 23.0 Å². The fourth-order valence-corrected chi connectivity index (χ4v) is 4.92. The minimum absolute atomic E-state index is 0.0543. The first kappa shape index (κ1) is 20.4. The van der Waals surface area contributed by atoms with Gasteiger partial charge in [0.1, 0.15) is 12.7 Å². The molecule has 0 amide bonds. The predicted octanol–water partition coefficient (Wildman–Crippen LogP) is 4.14. The second kappa shape index (κ2) is 8.20. The molecule has 0 saturated carbocycles. The molecule has 0 aliphatic carbocycles. The van der Waals surface area contributed by atoms with Gasteiger partial charge in [0.2, 0.25) is 0 Å². The summed E-state index contributed by atoms with van der Waals surface area (Å²) in [6, 6.07) is 16.7. The lowest BCUT2D eigenvalue weighted by Crippen LogP contribution is -2.29. The largest absolute Gasteiger partial charge is 0.351 e. The smallest absolute Gasteiger partial charge is 0.174 e. The van der Waals surface area contributed by atoms with Crippen LogP contribution in [0.4, 0.5) is 5.69 Å². The van der Waals surface area contributed by atoms with Crippen molar-refractivity contribution in [1.29, 1.82) is 0 Å². The third-order valence-electron chi connectivity index (χ3n) is 6.11. The first-order valence-corrected chi connectivity index (χ1v) is 11.1. The first-order valence-electron chi connectivity index (χ1n) is 10.7. The normalized spacial score (nSPS) is 18.2. The lowest BCUT2D eigenvalue weighted by atomic mass is 9.96. The molecule has 4 aromatic rings. The van der Waals surface area contributed by atoms with Crippen LogP contribution in [0.25, 0.3) is 0 Å². The highest BCUT2D eigenvalue weighted by Gasteiger charge is 2.42. The average Bonchev–Trinajstić information content (AvgIpc) is 3.52. The lowest BCUT2D eigenvalue weighted by molar-refractivity contribution is 0.557. The van der Waals surface area contributed by atoms with E-state index in [0.717, 1.165) is 29.2 Å². The van der Waals surface area contributed by atoms with Crippen molar-refractivity contribution < 1.29 is 0 Å². The van der Waals surface area contributed by atoms with Crippen LogP contribution in [0.3, 0.4) is 0 Å². The number of nitrogens with zero attached hydrogens (tertiary/aromatic N) is 6. The zero-order chi connectivity index (χ0) is 22.2. The Hall–Kier alpha value is -3.52. The lowest BCUT2D eigenvalue weighted by Gasteiger charge is -2.28. The highest BCUT2D eigenvalue weighted by molar-refractivity contribution is 7.80. The molecule has 1 fully saturated rings. The number of rotatable bonds is 5. The van der Waals surface area contributed by atoms with E-state index in [1.807, 2.05) is 23.0 Å². The summed E-state index contributed by atoms with van der Waals surface area (Å²) in [4.78, 5) is 6.87. The van der Waals surface area contributed by atoms with Gasteiger partial charge in [-0.1, -0.05) is 25.1 Å². The van der Waals surface area contributed by atoms with E-state index in [2.05, 4.69) is 87.2 Å². The van der Waals surface area contributed by atoms with Gasteiger partial charge in [-0.2, -0.15) is 0 Å². The monoisotopic (exact) mass is 443 g/mol. The molecule has 162 valence electrons. The van der Waals surface area contributed by atoms with Gasteiger partial charge in [-0.3, -0.25) is 9.66 Å². The third kappa shape index (κ3) is 3.36. The van der Waals surface area contributed by atoms with E-state index in [9.17, 15) is 0 Å². The fraction of sp³-hybridized carbons (Fsp3) is 0.250. The fourth-order valence-electron chi connectivity index (χ4n) is 4.57. The first-order chi connectivity index (χ1) is 15.6. The van der Waals surface area contributed by atoms with Crippen LogP contribution in [0.1, 0.15) is 47.2 Å². The Morgan fingerprint density at radius 3 is 2.44 bits per heavy atom. The van der Waals surface area contributed by atoms with Gasteiger partial charge in [-0.25, -0.2) is 4.68 Å². The molecule has 8 heteroatoms. The Labute approximate surface area is 192 Å². The van der Waals surface area contributed by atoms with Gasteiger partial charge in [0.15, 0.2) is 5.11 Å². The van der Waals surface area contributed by atoms with E-state index in [0.29, 0.717) is 5.11 Å². The molecule has 3 aromatic heterocycles. The second-order valence-corrected chi connectivity index (χ2v) is 8.38. The highest BCUT2D eigenvalue weighted by Crippen LogP contribution is 2.43. The topological polar surface area (TPSA) is 63.8 Å². The van der Waals surface area contributed by atoms with Crippen LogP contribution in [0.15, 0.2) is 67.4 Å². The molecule has 0 radical (unpaired) electrons. The summed E-state index contributed by atoms with van der Waals surface area (Å²) in [6.45, 7) is 6.38. The maximum Gasteiger partial charge on any atom is 0.174 e. The minimum atomic E-state index is -0.0792. The third-order valence-corrected chi connectivity index (χ3v) is 6.43. The maximum atomic E-state index is 5.86. The summed E-state index contributed by atoms with van der Waals surface area (Å²) in [5.74, 6) is 0. The van der Waals surface area contributed by atoms with Crippen LogP contribution in [-0.2, 0) is 6.42 Å². The Bertz CT molecular complexity index is 1230. The van der Waals surface area contributed by atoms with Crippen LogP contribution in [0, 0.1) is 13.8 Å². The molecule has 7 nitrogen and oxygen atoms in total. The SMILES string of the molecule is CCc1ccc(N2C(=S)N[C@@H](c3ccccn3)[C@H]2c2cc(C)n(-n3cnnc3)c2C)cc1. The Kier molecular flexibility index (Phi) is 5.22. The van der Waals surface area contributed by atoms with Gasteiger partial charge < -0.3 is 10.2 Å².